The molecule has 8 heteroatoms. The lowest BCUT2D eigenvalue weighted by atomic mass is 10.0. The third-order valence-electron chi connectivity index (χ3n) is 5.15. The minimum Gasteiger partial charge on any atom is -0.453 e. The number of guanidine groups is 1. The van der Waals surface area contributed by atoms with Gasteiger partial charge in [-0.05, 0) is 38.8 Å². The maximum absolute atomic E-state index is 11.5. The summed E-state index contributed by atoms with van der Waals surface area (Å²) in [5.41, 5.74) is 0. The van der Waals surface area contributed by atoms with Gasteiger partial charge in [0, 0.05) is 38.8 Å². The van der Waals surface area contributed by atoms with Crippen LogP contribution >= 0.6 is 24.0 Å². The zero-order chi connectivity index (χ0) is 17.4. The van der Waals surface area contributed by atoms with Gasteiger partial charge in [0.1, 0.15) is 0 Å². The van der Waals surface area contributed by atoms with E-state index in [1.807, 2.05) is 7.05 Å². The fourth-order valence-corrected chi connectivity index (χ4v) is 3.65. The average molecular weight is 467 g/mol. The number of likely N-dealkylation sites (N-methyl/N-ethyl adjacent to an activating group) is 1. The zero-order valence-corrected chi connectivity index (χ0v) is 18.1. The van der Waals surface area contributed by atoms with Crippen molar-refractivity contribution in [3.05, 3.63) is 0 Å². The first-order valence-electron chi connectivity index (χ1n) is 9.22. The summed E-state index contributed by atoms with van der Waals surface area (Å²) >= 11 is 0. The first-order chi connectivity index (χ1) is 11.7. The number of halogens is 1. The van der Waals surface area contributed by atoms with E-state index in [0.29, 0.717) is 12.1 Å². The molecule has 2 saturated heterocycles. The molecule has 2 aliphatic heterocycles. The van der Waals surface area contributed by atoms with Crippen LogP contribution < -0.4 is 10.6 Å². The van der Waals surface area contributed by atoms with Crippen LogP contribution in [0.4, 0.5) is 4.79 Å². The van der Waals surface area contributed by atoms with Gasteiger partial charge in [0.05, 0.1) is 7.11 Å². The van der Waals surface area contributed by atoms with Crippen molar-refractivity contribution in [1.29, 1.82) is 0 Å². The molecule has 0 saturated carbocycles. The number of carbonyl (C=O) groups excluding carboxylic acids is 1. The quantitative estimate of drug-likeness (QED) is 0.376. The molecule has 2 rings (SSSR count). The van der Waals surface area contributed by atoms with E-state index in [4.69, 9.17) is 4.74 Å². The zero-order valence-electron chi connectivity index (χ0n) is 15.8. The molecule has 0 spiro atoms. The predicted molar refractivity (Wildman–Crippen MR) is 112 cm³/mol. The van der Waals surface area contributed by atoms with Crippen LogP contribution in [-0.4, -0.2) is 80.8 Å². The molecule has 0 bridgehead atoms. The molecular weight excluding hydrogens is 433 g/mol. The van der Waals surface area contributed by atoms with Crippen LogP contribution in [0.5, 0.6) is 0 Å². The summed E-state index contributed by atoms with van der Waals surface area (Å²) in [7, 11) is 3.25. The topological polar surface area (TPSA) is 69.2 Å². The number of methoxy groups -OCH3 is 1. The molecule has 1 amide bonds. The second kappa shape index (κ2) is 11.8. The number of hydrogen-bond acceptors (Lipinski definition) is 4. The first-order valence-corrected chi connectivity index (χ1v) is 9.22. The largest absolute Gasteiger partial charge is 0.453 e. The van der Waals surface area contributed by atoms with Crippen LogP contribution in [0.3, 0.4) is 0 Å². The fourth-order valence-electron chi connectivity index (χ4n) is 3.65. The number of nitrogens with zero attached hydrogens (tertiary/aromatic N) is 3. The number of amides is 1. The summed E-state index contributed by atoms with van der Waals surface area (Å²) in [6, 6.07) is 0.953. The molecule has 1 unspecified atom stereocenters. The second-order valence-corrected chi connectivity index (χ2v) is 6.61. The number of nitrogens with one attached hydrogen (secondary N) is 2. The second-order valence-electron chi connectivity index (χ2n) is 6.61. The number of aliphatic imine (C=N–C) groups is 1. The van der Waals surface area contributed by atoms with Crippen molar-refractivity contribution in [3.8, 4) is 0 Å². The maximum atomic E-state index is 11.5. The molecule has 2 N–H and O–H groups in total. The van der Waals surface area contributed by atoms with Crippen LogP contribution in [0, 0.1) is 0 Å². The number of piperidine rings is 2. The normalized spacial score (nSPS) is 22.9. The van der Waals surface area contributed by atoms with Crippen LogP contribution in [-0.2, 0) is 4.74 Å². The van der Waals surface area contributed by atoms with Crippen molar-refractivity contribution in [2.24, 2.45) is 4.99 Å². The van der Waals surface area contributed by atoms with Gasteiger partial charge < -0.3 is 20.3 Å². The molecule has 2 fully saturated rings. The summed E-state index contributed by atoms with van der Waals surface area (Å²) < 4.78 is 4.78. The van der Waals surface area contributed by atoms with Crippen LogP contribution in [0.15, 0.2) is 4.99 Å². The Balaban J connectivity index is 0.00000312. The Morgan fingerprint density at radius 3 is 2.52 bits per heavy atom. The van der Waals surface area contributed by atoms with E-state index < -0.39 is 0 Å². The molecule has 2 aliphatic rings. The van der Waals surface area contributed by atoms with Gasteiger partial charge in [-0.3, -0.25) is 9.89 Å². The Morgan fingerprint density at radius 1 is 1.20 bits per heavy atom. The molecule has 0 aromatic carbocycles. The number of ether oxygens (including phenoxy) is 1. The third-order valence-corrected chi connectivity index (χ3v) is 5.15. The molecule has 2 heterocycles. The average Bonchev–Trinajstić information content (AvgIpc) is 2.65. The van der Waals surface area contributed by atoms with Crippen molar-refractivity contribution >= 4 is 36.0 Å². The summed E-state index contributed by atoms with van der Waals surface area (Å²) in [6.45, 7) is 6.96. The van der Waals surface area contributed by atoms with E-state index in [9.17, 15) is 4.79 Å². The van der Waals surface area contributed by atoms with Gasteiger partial charge in [-0.15, -0.1) is 24.0 Å². The maximum Gasteiger partial charge on any atom is 0.409 e. The van der Waals surface area contributed by atoms with Crippen molar-refractivity contribution in [1.82, 2.24) is 20.4 Å². The van der Waals surface area contributed by atoms with E-state index in [2.05, 4.69) is 27.4 Å². The molecule has 0 aliphatic carbocycles. The third kappa shape index (κ3) is 6.80. The minimum atomic E-state index is -0.229. The lowest BCUT2D eigenvalue weighted by molar-refractivity contribution is 0.111. The smallest absolute Gasteiger partial charge is 0.409 e. The summed E-state index contributed by atoms with van der Waals surface area (Å²) in [6.07, 6.45) is 5.50. The Kier molecular flexibility index (Phi) is 10.5. The number of likely N-dealkylation sites (tertiary alicyclic amines) is 2. The van der Waals surface area contributed by atoms with Crippen molar-refractivity contribution in [2.75, 3.05) is 46.9 Å². The minimum absolute atomic E-state index is 0. The summed E-state index contributed by atoms with van der Waals surface area (Å²) in [4.78, 5) is 20.2. The first kappa shape index (κ1) is 22.3. The SMILES string of the molecule is CCN1CCCCC1CNC(=NC)NC1CCN(C(=O)OC)CC1.I. The predicted octanol–water partition coefficient (Wildman–Crippen LogP) is 1.87. The van der Waals surface area contributed by atoms with Gasteiger partial charge in [0.25, 0.3) is 0 Å². The highest BCUT2D eigenvalue weighted by Crippen LogP contribution is 2.16. The molecule has 0 radical (unpaired) electrons. The van der Waals surface area contributed by atoms with Gasteiger partial charge in [0.15, 0.2) is 5.96 Å². The van der Waals surface area contributed by atoms with Crippen molar-refractivity contribution < 1.29 is 9.53 Å². The molecule has 25 heavy (non-hydrogen) atoms. The summed E-state index contributed by atoms with van der Waals surface area (Å²) in [5.74, 6) is 0.869. The highest BCUT2D eigenvalue weighted by atomic mass is 127. The monoisotopic (exact) mass is 467 g/mol. The van der Waals surface area contributed by atoms with Crippen LogP contribution in [0.1, 0.15) is 39.0 Å². The van der Waals surface area contributed by atoms with Crippen molar-refractivity contribution in [3.63, 3.8) is 0 Å². The van der Waals surface area contributed by atoms with E-state index in [1.165, 1.54) is 32.9 Å². The Labute approximate surface area is 169 Å². The van der Waals surface area contributed by atoms with E-state index in [0.717, 1.165) is 45.0 Å². The molecule has 7 nitrogen and oxygen atoms in total. The van der Waals surface area contributed by atoms with E-state index in [1.54, 1.807) is 4.90 Å². The van der Waals surface area contributed by atoms with Crippen molar-refractivity contribution in [2.45, 2.75) is 51.1 Å². The highest BCUT2D eigenvalue weighted by Gasteiger charge is 2.24. The Morgan fingerprint density at radius 2 is 1.92 bits per heavy atom. The summed E-state index contributed by atoms with van der Waals surface area (Å²) in [5, 5.41) is 6.98. The van der Waals surface area contributed by atoms with Gasteiger partial charge >= 0.3 is 6.09 Å². The van der Waals surface area contributed by atoms with Gasteiger partial charge in [-0.1, -0.05) is 13.3 Å². The molecule has 1 atom stereocenters. The number of carbonyl (C=O) groups is 1. The lowest BCUT2D eigenvalue weighted by Gasteiger charge is -2.36. The fraction of sp³-hybridized carbons (Fsp3) is 0.882. The van der Waals surface area contributed by atoms with Gasteiger partial charge in [-0.25, -0.2) is 4.79 Å². The molecular formula is C17H34IN5O2. The van der Waals surface area contributed by atoms with E-state index >= 15 is 0 Å². The molecule has 146 valence electrons. The van der Waals surface area contributed by atoms with E-state index in [-0.39, 0.29) is 30.1 Å². The highest BCUT2D eigenvalue weighted by molar-refractivity contribution is 14.0. The Hall–Kier alpha value is -0.770. The van der Waals surface area contributed by atoms with Gasteiger partial charge in [0.2, 0.25) is 0 Å². The standard InChI is InChI=1S/C17H33N5O2.HI/c1-4-21-10-6-5-7-15(21)13-19-16(18-2)20-14-8-11-22(12-9-14)17(23)24-3;/h14-15H,4-13H2,1-3H3,(H2,18,19,20);1H. The lowest BCUT2D eigenvalue weighted by Crippen LogP contribution is -2.52. The number of hydrogen-bond donors (Lipinski definition) is 2. The number of rotatable bonds is 4. The molecule has 0 aromatic heterocycles. The Bertz CT molecular complexity index is 427. The van der Waals surface area contributed by atoms with Crippen LogP contribution in [0.2, 0.25) is 0 Å². The van der Waals surface area contributed by atoms with Crippen LogP contribution in [0.25, 0.3) is 0 Å². The molecule has 0 aromatic rings. The van der Waals surface area contributed by atoms with Gasteiger partial charge in [-0.2, -0.15) is 0 Å².